The van der Waals surface area contributed by atoms with Crippen LogP contribution < -0.4 is 15.4 Å². The van der Waals surface area contributed by atoms with Crippen molar-refractivity contribution in [1.82, 2.24) is 9.97 Å². The first-order valence-electron chi connectivity index (χ1n) is 8.71. The van der Waals surface area contributed by atoms with Gasteiger partial charge in [-0.2, -0.15) is 0 Å². The van der Waals surface area contributed by atoms with Crippen LogP contribution >= 0.6 is 0 Å². The molecule has 1 amide bonds. The highest BCUT2D eigenvalue weighted by molar-refractivity contribution is 6.02. The summed E-state index contributed by atoms with van der Waals surface area (Å²) in [6.45, 7) is 2.72. The number of methoxy groups -OCH3 is 1. The summed E-state index contributed by atoms with van der Waals surface area (Å²) in [5.74, 6) is 1.20. The second-order valence-electron chi connectivity index (χ2n) is 6.13. The van der Waals surface area contributed by atoms with Gasteiger partial charge in [0.15, 0.2) is 0 Å². The zero-order chi connectivity index (χ0) is 19.1. The molecule has 0 aliphatic carbocycles. The van der Waals surface area contributed by atoms with Crippen LogP contribution in [0, 0.1) is 6.92 Å². The van der Waals surface area contributed by atoms with Crippen molar-refractivity contribution >= 4 is 17.4 Å². The fraction of sp³-hybridized carbons (Fsp3) is 0.190. The molecule has 2 aromatic carbocycles. The maximum Gasteiger partial charge on any atom is 0.275 e. The van der Waals surface area contributed by atoms with Crippen molar-refractivity contribution in [3.8, 4) is 5.75 Å². The lowest BCUT2D eigenvalue weighted by molar-refractivity contribution is 0.102. The predicted molar refractivity (Wildman–Crippen MR) is 106 cm³/mol. The maximum absolute atomic E-state index is 12.2. The molecule has 6 heteroatoms. The third kappa shape index (κ3) is 5.28. The minimum absolute atomic E-state index is 0.274. The molecule has 0 atom stereocenters. The Labute approximate surface area is 158 Å². The summed E-state index contributed by atoms with van der Waals surface area (Å²) < 4.78 is 5.15. The monoisotopic (exact) mass is 362 g/mol. The lowest BCUT2D eigenvalue weighted by Gasteiger charge is -2.08. The Kier molecular flexibility index (Phi) is 5.99. The Bertz CT molecular complexity index is 876. The van der Waals surface area contributed by atoms with Gasteiger partial charge in [0.25, 0.3) is 5.91 Å². The van der Waals surface area contributed by atoms with Crippen LogP contribution in [0.5, 0.6) is 5.75 Å². The summed E-state index contributed by atoms with van der Waals surface area (Å²) in [6.07, 6.45) is 3.89. The predicted octanol–water partition coefficient (Wildman–Crippen LogP) is 3.70. The summed E-state index contributed by atoms with van der Waals surface area (Å²) in [4.78, 5) is 20.7. The van der Waals surface area contributed by atoms with Crippen LogP contribution in [0.15, 0.2) is 60.9 Å². The van der Waals surface area contributed by atoms with E-state index < -0.39 is 0 Å². The number of ether oxygens (including phenoxy) is 1. The molecule has 3 aromatic rings. The second-order valence-corrected chi connectivity index (χ2v) is 6.13. The molecular weight excluding hydrogens is 340 g/mol. The molecule has 27 heavy (non-hydrogen) atoms. The van der Waals surface area contributed by atoms with Gasteiger partial charge in [0.05, 0.1) is 19.5 Å². The van der Waals surface area contributed by atoms with Crippen molar-refractivity contribution in [2.45, 2.75) is 13.3 Å². The second kappa shape index (κ2) is 8.80. The van der Waals surface area contributed by atoms with E-state index in [9.17, 15) is 4.79 Å². The van der Waals surface area contributed by atoms with Gasteiger partial charge >= 0.3 is 0 Å². The molecule has 138 valence electrons. The van der Waals surface area contributed by atoms with Gasteiger partial charge in [-0.25, -0.2) is 9.97 Å². The van der Waals surface area contributed by atoms with E-state index in [1.807, 2.05) is 55.5 Å². The van der Waals surface area contributed by atoms with Crippen molar-refractivity contribution < 1.29 is 9.53 Å². The number of anilines is 2. The standard InChI is InChI=1S/C21H22N4O2/c1-15-3-7-17(8-4-15)25-21(26)19-13-24-20(14-23-19)22-12-11-16-5-9-18(27-2)10-6-16/h3-10,13-14H,11-12H2,1-2H3,(H,22,24)(H,25,26). The van der Waals surface area contributed by atoms with Crippen molar-refractivity contribution in [1.29, 1.82) is 0 Å². The summed E-state index contributed by atoms with van der Waals surface area (Å²) in [5, 5.41) is 6.01. The van der Waals surface area contributed by atoms with E-state index in [-0.39, 0.29) is 11.6 Å². The fourth-order valence-corrected chi connectivity index (χ4v) is 2.50. The number of hydrogen-bond acceptors (Lipinski definition) is 5. The normalized spacial score (nSPS) is 10.3. The number of benzene rings is 2. The van der Waals surface area contributed by atoms with Gasteiger partial charge in [-0.05, 0) is 43.2 Å². The highest BCUT2D eigenvalue weighted by Crippen LogP contribution is 2.12. The summed E-state index contributed by atoms with van der Waals surface area (Å²) in [7, 11) is 1.65. The number of rotatable bonds is 7. The van der Waals surface area contributed by atoms with E-state index in [2.05, 4.69) is 20.6 Å². The Morgan fingerprint density at radius 1 is 1.00 bits per heavy atom. The lowest BCUT2D eigenvalue weighted by atomic mass is 10.1. The third-order valence-corrected chi connectivity index (χ3v) is 4.07. The van der Waals surface area contributed by atoms with Gasteiger partial charge in [0, 0.05) is 12.2 Å². The molecule has 0 unspecified atom stereocenters. The van der Waals surface area contributed by atoms with Gasteiger partial charge in [-0.3, -0.25) is 4.79 Å². The maximum atomic E-state index is 12.2. The third-order valence-electron chi connectivity index (χ3n) is 4.07. The Balaban J connectivity index is 1.50. The number of amides is 1. The van der Waals surface area contributed by atoms with Crippen LogP contribution in [0.1, 0.15) is 21.6 Å². The van der Waals surface area contributed by atoms with Crippen LogP contribution in [0.4, 0.5) is 11.5 Å². The van der Waals surface area contributed by atoms with Crippen LogP contribution in [-0.4, -0.2) is 29.5 Å². The molecule has 1 aromatic heterocycles. The molecular formula is C21H22N4O2. The summed E-state index contributed by atoms with van der Waals surface area (Å²) >= 11 is 0. The SMILES string of the molecule is COc1ccc(CCNc2cnc(C(=O)Nc3ccc(C)cc3)cn2)cc1. The first kappa shape index (κ1) is 18.4. The van der Waals surface area contributed by atoms with Crippen LogP contribution in [0.25, 0.3) is 0 Å². The number of hydrogen-bond donors (Lipinski definition) is 2. The fourth-order valence-electron chi connectivity index (χ4n) is 2.50. The number of aryl methyl sites for hydroxylation is 1. The number of nitrogens with zero attached hydrogens (tertiary/aromatic N) is 2. The van der Waals surface area contributed by atoms with E-state index in [1.54, 1.807) is 13.3 Å². The first-order valence-corrected chi connectivity index (χ1v) is 8.71. The smallest absolute Gasteiger partial charge is 0.275 e. The highest BCUT2D eigenvalue weighted by atomic mass is 16.5. The van der Waals surface area contributed by atoms with Crippen molar-refractivity contribution in [2.24, 2.45) is 0 Å². The van der Waals surface area contributed by atoms with Gasteiger partial charge in [0.1, 0.15) is 17.3 Å². The molecule has 3 rings (SSSR count). The number of nitrogens with one attached hydrogen (secondary N) is 2. The Morgan fingerprint density at radius 3 is 2.37 bits per heavy atom. The van der Waals surface area contributed by atoms with Gasteiger partial charge in [0.2, 0.25) is 0 Å². The number of carbonyl (C=O) groups is 1. The first-order chi connectivity index (χ1) is 13.1. The van der Waals surface area contributed by atoms with Gasteiger partial charge in [-0.15, -0.1) is 0 Å². The minimum Gasteiger partial charge on any atom is -0.497 e. The van der Waals surface area contributed by atoms with E-state index in [0.29, 0.717) is 5.82 Å². The molecule has 0 saturated heterocycles. The lowest BCUT2D eigenvalue weighted by Crippen LogP contribution is -2.15. The molecule has 0 bridgehead atoms. The Morgan fingerprint density at radius 2 is 1.74 bits per heavy atom. The Hall–Kier alpha value is -3.41. The van der Waals surface area contributed by atoms with Crippen molar-refractivity contribution in [3.05, 3.63) is 77.7 Å². The topological polar surface area (TPSA) is 76.1 Å². The molecule has 2 N–H and O–H groups in total. The molecule has 0 aliphatic rings. The molecule has 6 nitrogen and oxygen atoms in total. The minimum atomic E-state index is -0.281. The van der Waals surface area contributed by atoms with E-state index in [0.717, 1.165) is 30.0 Å². The van der Waals surface area contributed by atoms with Gasteiger partial charge in [-0.1, -0.05) is 29.8 Å². The van der Waals surface area contributed by atoms with Crippen molar-refractivity contribution in [2.75, 3.05) is 24.3 Å². The van der Waals surface area contributed by atoms with E-state index in [4.69, 9.17) is 4.74 Å². The average Bonchev–Trinajstić information content (AvgIpc) is 2.71. The van der Waals surface area contributed by atoms with Gasteiger partial charge < -0.3 is 15.4 Å². The molecule has 0 saturated carbocycles. The van der Waals surface area contributed by atoms with Crippen LogP contribution in [0.2, 0.25) is 0 Å². The average molecular weight is 362 g/mol. The quantitative estimate of drug-likeness (QED) is 0.670. The number of aromatic nitrogens is 2. The molecule has 1 heterocycles. The van der Waals surface area contributed by atoms with Crippen molar-refractivity contribution in [3.63, 3.8) is 0 Å². The number of carbonyl (C=O) groups excluding carboxylic acids is 1. The van der Waals surface area contributed by atoms with E-state index >= 15 is 0 Å². The van der Waals surface area contributed by atoms with Crippen LogP contribution in [-0.2, 0) is 6.42 Å². The molecule has 0 fully saturated rings. The summed E-state index contributed by atoms with van der Waals surface area (Å²) in [6, 6.07) is 15.5. The molecule has 0 aliphatic heterocycles. The zero-order valence-electron chi connectivity index (χ0n) is 15.4. The van der Waals surface area contributed by atoms with E-state index in [1.165, 1.54) is 11.8 Å². The van der Waals surface area contributed by atoms with Crippen LogP contribution in [0.3, 0.4) is 0 Å². The summed E-state index contributed by atoms with van der Waals surface area (Å²) in [5.41, 5.74) is 3.34. The highest BCUT2D eigenvalue weighted by Gasteiger charge is 2.08. The zero-order valence-corrected chi connectivity index (χ0v) is 15.4. The molecule has 0 spiro atoms. The largest absolute Gasteiger partial charge is 0.497 e. The molecule has 0 radical (unpaired) electrons.